The zero-order chi connectivity index (χ0) is 35.6. The molecule has 284 valence electrons. The third-order valence-electron chi connectivity index (χ3n) is 9.85. The fourth-order valence-corrected chi connectivity index (χ4v) is 8.69. The smallest absolute Gasteiger partial charge is 0.282 e. The summed E-state index contributed by atoms with van der Waals surface area (Å²) in [7, 11) is 1.06. The van der Waals surface area contributed by atoms with E-state index < -0.39 is 28.1 Å². The molecule has 0 radical (unpaired) electrons. The summed E-state index contributed by atoms with van der Waals surface area (Å²) in [5.74, 6) is 0.333. The highest BCUT2D eigenvalue weighted by Crippen LogP contribution is 2.52. The van der Waals surface area contributed by atoms with Crippen LogP contribution in [0.2, 0.25) is 0 Å². The Morgan fingerprint density at radius 3 is 2.17 bits per heavy atom. The molecule has 2 fully saturated rings. The zero-order valence-electron chi connectivity index (χ0n) is 29.8. The van der Waals surface area contributed by atoms with Gasteiger partial charge in [0.05, 0.1) is 40.3 Å². The average Bonchev–Trinajstić information content (AvgIpc) is 3.41. The van der Waals surface area contributed by atoms with Crippen LogP contribution in [0.15, 0.2) is 65.6 Å². The first-order valence-electron chi connectivity index (χ1n) is 16.6. The highest BCUT2D eigenvalue weighted by molar-refractivity contribution is 7.93. The monoisotopic (exact) mass is 780 g/mol. The van der Waals surface area contributed by atoms with Crippen molar-refractivity contribution in [2.45, 2.75) is 36.4 Å². The van der Waals surface area contributed by atoms with Crippen molar-refractivity contribution in [3.05, 3.63) is 71.8 Å². The van der Waals surface area contributed by atoms with Crippen LogP contribution < -0.4 is 28.6 Å². The largest absolute Gasteiger partial charge is 0.497 e. The highest BCUT2D eigenvalue weighted by Gasteiger charge is 2.59. The quantitative estimate of drug-likeness (QED) is 0.302. The van der Waals surface area contributed by atoms with E-state index in [9.17, 15) is 13.2 Å². The zero-order valence-corrected chi connectivity index (χ0v) is 32.3. The number of nitrogens with zero attached hydrogens (tertiary/aromatic N) is 3. The Hall–Kier alpha value is -3.79. The lowest BCUT2D eigenvalue weighted by Gasteiger charge is -2.45. The fraction of sp³-hybridized carbons (Fsp3) is 0.444. The fourth-order valence-electron chi connectivity index (χ4n) is 7.09. The van der Waals surface area contributed by atoms with Gasteiger partial charge in [-0.15, -0.1) is 24.8 Å². The number of benzene rings is 3. The van der Waals surface area contributed by atoms with Crippen molar-refractivity contribution in [2.24, 2.45) is 5.92 Å². The first-order chi connectivity index (χ1) is 24.1. The lowest BCUT2D eigenvalue weighted by Crippen LogP contribution is -2.62. The van der Waals surface area contributed by atoms with Gasteiger partial charge in [-0.3, -0.25) is 14.5 Å². The molecule has 2 saturated heterocycles. The molecule has 2 amide bonds. The number of fused-ring (bicyclic) bond motifs is 1. The number of nitrogens with one attached hydrogen (secondary N) is 1. The molecule has 3 aliphatic rings. The third kappa shape index (κ3) is 7.24. The molecule has 3 aromatic carbocycles. The number of para-hydroxylation sites is 1. The number of ether oxygens (including phenoxy) is 5. The van der Waals surface area contributed by atoms with Crippen LogP contribution in [0.5, 0.6) is 23.0 Å². The molecule has 0 bridgehead atoms. The van der Waals surface area contributed by atoms with Gasteiger partial charge in [0, 0.05) is 49.9 Å². The van der Waals surface area contributed by atoms with E-state index in [0.29, 0.717) is 41.4 Å². The van der Waals surface area contributed by atoms with Gasteiger partial charge in [-0.05, 0) is 55.2 Å². The minimum Gasteiger partial charge on any atom is -0.497 e. The van der Waals surface area contributed by atoms with Gasteiger partial charge in [-0.2, -0.15) is 4.31 Å². The number of hydrogen-bond acceptors (Lipinski definition) is 11. The van der Waals surface area contributed by atoms with E-state index in [1.54, 1.807) is 41.3 Å². The van der Waals surface area contributed by atoms with E-state index in [1.165, 1.54) is 52.7 Å². The maximum absolute atomic E-state index is 15.1. The van der Waals surface area contributed by atoms with E-state index in [1.807, 2.05) is 0 Å². The Morgan fingerprint density at radius 1 is 0.846 bits per heavy atom. The molecule has 13 nitrogen and oxygen atoms in total. The summed E-state index contributed by atoms with van der Waals surface area (Å²) in [4.78, 5) is 33.2. The minimum absolute atomic E-state index is 0. The van der Waals surface area contributed by atoms with Crippen LogP contribution in [0.4, 0.5) is 5.69 Å². The molecule has 3 aliphatic heterocycles. The van der Waals surface area contributed by atoms with Crippen LogP contribution in [0, 0.1) is 5.92 Å². The van der Waals surface area contributed by atoms with Gasteiger partial charge in [0.1, 0.15) is 34.5 Å². The van der Waals surface area contributed by atoms with Crippen molar-refractivity contribution in [2.75, 3.05) is 72.1 Å². The Morgan fingerprint density at radius 2 is 1.50 bits per heavy atom. The number of carbonyl (C=O) groups is 2. The van der Waals surface area contributed by atoms with Gasteiger partial charge in [0.15, 0.2) is 0 Å². The Labute approximate surface area is 317 Å². The summed E-state index contributed by atoms with van der Waals surface area (Å²) in [5, 5.41) is 3.41. The maximum Gasteiger partial charge on any atom is 0.282 e. The molecule has 2 unspecified atom stereocenters. The standard InChI is InChI=1S/C36H44N4O9S.2ClH/c1-24-14-17-38(18-15-24)33-22-37-16-19-39(33)34(41)23-49-36(27-8-6-7-9-30(27)47-4)28-20-25(45-2)10-12-29(28)40(35(36)42)50(43,44)32-13-11-26(46-3)21-31(32)48-5;;/h6-13,20-21,24,33,37H,14-19,22-23H2,1-5H3;2*1H. The van der Waals surface area contributed by atoms with Gasteiger partial charge in [-0.1, -0.05) is 25.1 Å². The summed E-state index contributed by atoms with van der Waals surface area (Å²) >= 11 is 0. The van der Waals surface area contributed by atoms with Gasteiger partial charge in [0.2, 0.25) is 11.5 Å². The number of piperazine rings is 1. The second kappa shape index (κ2) is 16.9. The van der Waals surface area contributed by atoms with E-state index >= 15 is 4.79 Å². The Balaban J connectivity index is 0.00000302. The molecular formula is C36H46Cl2N4O9S. The van der Waals surface area contributed by atoms with E-state index in [0.717, 1.165) is 25.9 Å². The van der Waals surface area contributed by atoms with Crippen molar-refractivity contribution in [3.63, 3.8) is 0 Å². The second-order valence-electron chi connectivity index (χ2n) is 12.6. The molecule has 16 heteroatoms. The molecule has 52 heavy (non-hydrogen) atoms. The van der Waals surface area contributed by atoms with Crippen LogP contribution in [-0.2, 0) is 30.0 Å². The topological polar surface area (TPSA) is 136 Å². The molecule has 3 aromatic rings. The number of carbonyl (C=O) groups excluding carboxylic acids is 2. The summed E-state index contributed by atoms with van der Waals surface area (Å²) in [6, 6.07) is 15.6. The number of halogens is 2. The molecule has 6 rings (SSSR count). The first-order valence-corrected chi connectivity index (χ1v) is 18.1. The molecule has 0 spiro atoms. The van der Waals surface area contributed by atoms with E-state index in [2.05, 4.69) is 17.1 Å². The number of amides is 2. The first kappa shape index (κ1) is 41.0. The van der Waals surface area contributed by atoms with Crippen molar-refractivity contribution >= 4 is 52.3 Å². The number of methoxy groups -OCH3 is 4. The number of likely N-dealkylation sites (tertiary alicyclic amines) is 1. The molecule has 3 heterocycles. The summed E-state index contributed by atoms with van der Waals surface area (Å²) < 4.78 is 58.6. The van der Waals surface area contributed by atoms with E-state index in [-0.39, 0.29) is 70.1 Å². The van der Waals surface area contributed by atoms with Crippen LogP contribution >= 0.6 is 24.8 Å². The Bertz CT molecular complexity index is 1860. The summed E-state index contributed by atoms with van der Waals surface area (Å²) in [6.07, 6.45) is 1.91. The van der Waals surface area contributed by atoms with Gasteiger partial charge < -0.3 is 33.9 Å². The van der Waals surface area contributed by atoms with Crippen molar-refractivity contribution < 1.29 is 41.7 Å². The SMILES string of the molecule is COc1ccc(S(=O)(=O)N2C(=O)C(OCC(=O)N3CCNCC3N3CCC(C)CC3)(c3ccccc3OC)c3cc(OC)ccc32)c(OC)c1.Cl.Cl. The lowest BCUT2D eigenvalue weighted by atomic mass is 9.86. The molecule has 0 aliphatic carbocycles. The highest BCUT2D eigenvalue weighted by atomic mass is 35.5. The van der Waals surface area contributed by atoms with Gasteiger partial charge in [0.25, 0.3) is 15.9 Å². The lowest BCUT2D eigenvalue weighted by molar-refractivity contribution is -0.154. The Kier molecular flexibility index (Phi) is 13.3. The summed E-state index contributed by atoms with van der Waals surface area (Å²) in [6.45, 7) is 5.14. The average molecular weight is 782 g/mol. The second-order valence-corrected chi connectivity index (χ2v) is 14.4. The minimum atomic E-state index is -4.64. The molecule has 1 N–H and O–H groups in total. The van der Waals surface area contributed by atoms with Gasteiger partial charge >= 0.3 is 0 Å². The molecular weight excluding hydrogens is 735 g/mol. The van der Waals surface area contributed by atoms with E-state index in [4.69, 9.17) is 23.7 Å². The van der Waals surface area contributed by atoms with Crippen molar-refractivity contribution in [1.29, 1.82) is 0 Å². The van der Waals surface area contributed by atoms with Gasteiger partial charge in [-0.25, -0.2) is 8.42 Å². The van der Waals surface area contributed by atoms with Crippen molar-refractivity contribution in [1.82, 2.24) is 15.1 Å². The van der Waals surface area contributed by atoms with Crippen LogP contribution in [-0.4, -0.2) is 104 Å². The number of piperidine rings is 1. The number of anilines is 1. The third-order valence-corrected chi connectivity index (χ3v) is 11.6. The van der Waals surface area contributed by atoms with Crippen molar-refractivity contribution in [3.8, 4) is 23.0 Å². The van der Waals surface area contributed by atoms with Crippen LogP contribution in [0.25, 0.3) is 0 Å². The normalized spacial score (nSPS) is 20.7. The van der Waals surface area contributed by atoms with Crippen LogP contribution in [0.3, 0.4) is 0 Å². The predicted octanol–water partition coefficient (Wildman–Crippen LogP) is 4.05. The molecule has 0 saturated carbocycles. The predicted molar refractivity (Wildman–Crippen MR) is 200 cm³/mol. The maximum atomic E-state index is 15.1. The number of rotatable bonds is 11. The summed E-state index contributed by atoms with van der Waals surface area (Å²) in [5.41, 5.74) is -1.68. The number of sulfonamides is 1. The molecule has 0 aromatic heterocycles. The molecule has 2 atom stereocenters. The number of hydrogen-bond donors (Lipinski definition) is 1. The van der Waals surface area contributed by atoms with Crippen LogP contribution in [0.1, 0.15) is 30.9 Å².